The molecule has 0 bridgehead atoms. The molecular weight excluding hydrogens is 442 g/mol. The van der Waals surface area contributed by atoms with E-state index in [0.717, 1.165) is 30.2 Å². The highest BCUT2D eigenvalue weighted by atomic mass is 32.2. The molecule has 2 N–H and O–H groups in total. The van der Waals surface area contributed by atoms with E-state index in [9.17, 15) is 9.59 Å². The van der Waals surface area contributed by atoms with E-state index in [1.807, 2.05) is 24.3 Å². The number of anilines is 1. The first-order valence-corrected chi connectivity index (χ1v) is 12.7. The minimum absolute atomic E-state index is 0.354. The van der Waals surface area contributed by atoms with E-state index in [0.29, 0.717) is 11.7 Å². The molecule has 0 spiro atoms. The van der Waals surface area contributed by atoms with Crippen molar-refractivity contribution in [3.8, 4) is 0 Å². The number of amides is 3. The molecule has 1 aliphatic rings. The average Bonchev–Trinajstić information content (AvgIpc) is 3.45. The first kappa shape index (κ1) is 22.5. The van der Waals surface area contributed by atoms with Crippen LogP contribution in [0.15, 0.2) is 53.0 Å². The number of imide groups is 1. The van der Waals surface area contributed by atoms with E-state index in [1.54, 1.807) is 30.4 Å². The van der Waals surface area contributed by atoms with Gasteiger partial charge in [-0.1, -0.05) is 55.3 Å². The molecule has 1 unspecified atom stereocenters. The van der Waals surface area contributed by atoms with Crippen LogP contribution < -0.4 is 10.6 Å². The number of para-hydroxylation sites is 1. The average molecular weight is 470 g/mol. The predicted molar refractivity (Wildman–Crippen MR) is 128 cm³/mol. The van der Waals surface area contributed by atoms with Gasteiger partial charge in [-0.2, -0.15) is 0 Å². The zero-order chi connectivity index (χ0) is 22.3. The lowest BCUT2D eigenvalue weighted by atomic mass is 9.95. The fraction of sp³-hybridized carbons (Fsp3) is 0.391. The Labute approximate surface area is 196 Å². The van der Waals surface area contributed by atoms with Crippen molar-refractivity contribution < 1.29 is 9.59 Å². The first-order valence-electron chi connectivity index (χ1n) is 10.9. The highest BCUT2D eigenvalue weighted by Crippen LogP contribution is 2.34. The molecule has 1 atom stereocenters. The van der Waals surface area contributed by atoms with Crippen molar-refractivity contribution in [2.45, 2.75) is 61.9 Å². The Balaban J connectivity index is 1.44. The monoisotopic (exact) mass is 469 g/mol. The third-order valence-electron chi connectivity index (χ3n) is 5.51. The number of nitrogens with zero attached hydrogens (tertiary/aromatic N) is 3. The molecule has 3 aromatic rings. The van der Waals surface area contributed by atoms with Crippen LogP contribution in [0, 0.1) is 0 Å². The highest BCUT2D eigenvalue weighted by molar-refractivity contribution is 8.00. The molecule has 1 saturated carbocycles. The van der Waals surface area contributed by atoms with E-state index >= 15 is 0 Å². The SMILES string of the molecule is CC(Sc1nnc(Cc2cccs2)n1C1CCCCC1)C(=O)NC(=O)Nc1ccccc1. The number of thiophene rings is 1. The Morgan fingerprint density at radius 1 is 1.12 bits per heavy atom. The van der Waals surface area contributed by atoms with Gasteiger partial charge in [-0.3, -0.25) is 10.1 Å². The van der Waals surface area contributed by atoms with Gasteiger partial charge in [0.15, 0.2) is 5.16 Å². The quantitative estimate of drug-likeness (QED) is 0.461. The number of nitrogens with one attached hydrogen (secondary N) is 2. The molecule has 2 heterocycles. The van der Waals surface area contributed by atoms with Crippen LogP contribution in [0.25, 0.3) is 0 Å². The van der Waals surface area contributed by atoms with Gasteiger partial charge in [-0.05, 0) is 43.3 Å². The molecule has 1 aliphatic carbocycles. The fourth-order valence-electron chi connectivity index (χ4n) is 3.89. The van der Waals surface area contributed by atoms with Crippen LogP contribution in [0.4, 0.5) is 10.5 Å². The molecule has 7 nitrogen and oxygen atoms in total. The third-order valence-corrected chi connectivity index (χ3v) is 7.44. The van der Waals surface area contributed by atoms with Gasteiger partial charge in [0.25, 0.3) is 0 Å². The maximum absolute atomic E-state index is 12.7. The van der Waals surface area contributed by atoms with Gasteiger partial charge in [0.05, 0.1) is 5.25 Å². The van der Waals surface area contributed by atoms with Crippen LogP contribution in [0.1, 0.15) is 55.8 Å². The molecule has 9 heteroatoms. The molecule has 0 aliphatic heterocycles. The normalized spacial score (nSPS) is 15.3. The van der Waals surface area contributed by atoms with Gasteiger partial charge in [-0.15, -0.1) is 21.5 Å². The van der Waals surface area contributed by atoms with Crippen LogP contribution in [0.5, 0.6) is 0 Å². The van der Waals surface area contributed by atoms with Crippen molar-refractivity contribution in [1.29, 1.82) is 0 Å². The third kappa shape index (κ3) is 5.77. The van der Waals surface area contributed by atoms with Gasteiger partial charge in [0, 0.05) is 23.0 Å². The van der Waals surface area contributed by atoms with Gasteiger partial charge in [-0.25, -0.2) is 4.79 Å². The summed E-state index contributed by atoms with van der Waals surface area (Å²) in [5.74, 6) is 0.581. The van der Waals surface area contributed by atoms with Crippen LogP contribution in [0.3, 0.4) is 0 Å². The number of urea groups is 1. The zero-order valence-corrected chi connectivity index (χ0v) is 19.6. The maximum atomic E-state index is 12.7. The Morgan fingerprint density at radius 3 is 2.62 bits per heavy atom. The number of thioether (sulfide) groups is 1. The Bertz CT molecular complexity index is 1030. The molecule has 0 saturated heterocycles. The zero-order valence-electron chi connectivity index (χ0n) is 18.0. The molecule has 2 aromatic heterocycles. The van der Waals surface area contributed by atoms with Crippen LogP contribution in [0.2, 0.25) is 0 Å². The van der Waals surface area contributed by atoms with E-state index in [4.69, 9.17) is 0 Å². The van der Waals surface area contributed by atoms with E-state index in [1.165, 1.54) is 35.9 Å². The largest absolute Gasteiger partial charge is 0.325 e. The van der Waals surface area contributed by atoms with E-state index < -0.39 is 11.3 Å². The summed E-state index contributed by atoms with van der Waals surface area (Å²) < 4.78 is 2.23. The Hall–Kier alpha value is -2.65. The summed E-state index contributed by atoms with van der Waals surface area (Å²) in [5.41, 5.74) is 0.633. The molecular formula is C23H27N5O2S2. The summed E-state index contributed by atoms with van der Waals surface area (Å²) in [7, 11) is 0. The van der Waals surface area contributed by atoms with E-state index in [2.05, 4.69) is 36.8 Å². The van der Waals surface area contributed by atoms with Gasteiger partial charge < -0.3 is 9.88 Å². The summed E-state index contributed by atoms with van der Waals surface area (Å²) in [6, 6.07) is 13.0. The molecule has 1 aromatic carbocycles. The van der Waals surface area contributed by atoms with Crippen LogP contribution in [-0.4, -0.2) is 32.0 Å². The molecule has 4 rings (SSSR count). The van der Waals surface area contributed by atoms with E-state index in [-0.39, 0.29) is 5.91 Å². The molecule has 32 heavy (non-hydrogen) atoms. The molecule has 1 fully saturated rings. The molecule has 3 amide bonds. The second kappa shape index (κ2) is 10.8. The van der Waals surface area contributed by atoms with Crippen LogP contribution in [-0.2, 0) is 11.2 Å². The second-order valence-corrected chi connectivity index (χ2v) is 10.2. The number of carbonyl (C=O) groups is 2. The van der Waals surface area contributed by atoms with Crippen molar-refractivity contribution in [2.24, 2.45) is 0 Å². The number of benzene rings is 1. The van der Waals surface area contributed by atoms with Crippen LogP contribution >= 0.6 is 23.1 Å². The second-order valence-electron chi connectivity index (χ2n) is 7.89. The van der Waals surface area contributed by atoms with Crippen molar-refractivity contribution in [1.82, 2.24) is 20.1 Å². The topological polar surface area (TPSA) is 88.9 Å². The predicted octanol–water partition coefficient (Wildman–Crippen LogP) is 5.26. The number of rotatable bonds is 7. The van der Waals surface area contributed by atoms with Gasteiger partial charge >= 0.3 is 6.03 Å². The number of hydrogen-bond acceptors (Lipinski definition) is 6. The summed E-state index contributed by atoms with van der Waals surface area (Å²) in [5, 5.41) is 16.3. The van der Waals surface area contributed by atoms with Crippen molar-refractivity contribution in [3.05, 3.63) is 58.5 Å². The Kier molecular flexibility index (Phi) is 7.59. The fourth-order valence-corrected chi connectivity index (χ4v) is 5.53. The minimum atomic E-state index is -0.541. The molecule has 168 valence electrons. The first-order chi connectivity index (χ1) is 15.6. The van der Waals surface area contributed by atoms with Gasteiger partial charge in [0.1, 0.15) is 5.82 Å². The Morgan fingerprint density at radius 2 is 1.91 bits per heavy atom. The van der Waals surface area contributed by atoms with Crippen molar-refractivity contribution >= 4 is 40.7 Å². The van der Waals surface area contributed by atoms with Crippen molar-refractivity contribution in [2.75, 3.05) is 5.32 Å². The standard InChI is InChI=1S/C23H27N5O2S2/c1-16(21(29)25-22(30)24-17-9-4-2-5-10-17)32-23-27-26-20(15-19-13-8-14-31-19)28(23)18-11-6-3-7-12-18/h2,4-5,8-10,13-14,16,18H,3,6-7,11-12,15H2,1H3,(H2,24,25,29,30). The molecule has 0 radical (unpaired) electrons. The number of aromatic nitrogens is 3. The smallest absolute Gasteiger partial charge is 0.308 e. The number of hydrogen-bond donors (Lipinski definition) is 2. The number of carbonyl (C=O) groups excluding carboxylic acids is 2. The highest BCUT2D eigenvalue weighted by Gasteiger charge is 2.26. The lowest BCUT2D eigenvalue weighted by Crippen LogP contribution is -2.39. The lowest BCUT2D eigenvalue weighted by molar-refractivity contribution is -0.119. The summed E-state index contributed by atoms with van der Waals surface area (Å²) in [6.45, 7) is 1.79. The summed E-state index contributed by atoms with van der Waals surface area (Å²) >= 11 is 3.07. The minimum Gasteiger partial charge on any atom is -0.308 e. The maximum Gasteiger partial charge on any atom is 0.325 e. The van der Waals surface area contributed by atoms with Gasteiger partial charge in [0.2, 0.25) is 5.91 Å². The lowest BCUT2D eigenvalue weighted by Gasteiger charge is -2.26. The summed E-state index contributed by atoms with van der Waals surface area (Å²) in [4.78, 5) is 26.1. The van der Waals surface area contributed by atoms with Crippen molar-refractivity contribution in [3.63, 3.8) is 0 Å². The summed E-state index contributed by atoms with van der Waals surface area (Å²) in [6.07, 6.45) is 6.59.